The Labute approximate surface area is 110 Å². The molecule has 0 heterocycles. The second kappa shape index (κ2) is 5.05. The Morgan fingerprint density at radius 1 is 1.17 bits per heavy atom. The zero-order valence-electron chi connectivity index (χ0n) is 11.3. The van der Waals surface area contributed by atoms with Crippen LogP contribution in [0, 0.1) is 11.8 Å². The highest BCUT2D eigenvalue weighted by molar-refractivity contribution is 5.29. The van der Waals surface area contributed by atoms with Gasteiger partial charge in [-0.1, -0.05) is 44.0 Å². The Bertz CT molecular complexity index is 408. The van der Waals surface area contributed by atoms with Crippen molar-refractivity contribution in [2.45, 2.75) is 57.5 Å². The van der Waals surface area contributed by atoms with Crippen LogP contribution < -0.4 is 0 Å². The molecule has 0 radical (unpaired) electrons. The third kappa shape index (κ3) is 2.33. The van der Waals surface area contributed by atoms with Crippen LogP contribution in [0.1, 0.15) is 68.6 Å². The van der Waals surface area contributed by atoms with Crippen molar-refractivity contribution in [3.63, 3.8) is 0 Å². The molecular weight excluding hydrogens is 220 g/mol. The van der Waals surface area contributed by atoms with E-state index in [2.05, 4.69) is 31.2 Å². The minimum absolute atomic E-state index is 0.241. The Morgan fingerprint density at radius 2 is 2.00 bits per heavy atom. The lowest BCUT2D eigenvalue weighted by Gasteiger charge is -2.27. The van der Waals surface area contributed by atoms with Crippen molar-refractivity contribution in [1.82, 2.24) is 0 Å². The number of hydrogen-bond acceptors (Lipinski definition) is 1. The molecule has 3 unspecified atom stereocenters. The molecule has 18 heavy (non-hydrogen) atoms. The maximum absolute atomic E-state index is 10.5. The summed E-state index contributed by atoms with van der Waals surface area (Å²) < 4.78 is 0. The van der Waals surface area contributed by atoms with Crippen molar-refractivity contribution in [3.05, 3.63) is 35.4 Å². The van der Waals surface area contributed by atoms with E-state index in [1.54, 1.807) is 0 Å². The SMILES string of the molecule is CC1CCC(C(O)c2cccc(C3CCC3)c2)C1. The van der Waals surface area contributed by atoms with Crippen LogP contribution in [0.2, 0.25) is 0 Å². The van der Waals surface area contributed by atoms with Crippen LogP contribution in [0.3, 0.4) is 0 Å². The quantitative estimate of drug-likeness (QED) is 0.834. The average molecular weight is 244 g/mol. The molecule has 0 aromatic heterocycles. The van der Waals surface area contributed by atoms with Gasteiger partial charge in [0.05, 0.1) is 6.10 Å². The summed E-state index contributed by atoms with van der Waals surface area (Å²) >= 11 is 0. The van der Waals surface area contributed by atoms with Crippen LogP contribution in [-0.4, -0.2) is 5.11 Å². The van der Waals surface area contributed by atoms with E-state index in [-0.39, 0.29) is 6.10 Å². The summed E-state index contributed by atoms with van der Waals surface area (Å²) in [7, 11) is 0. The standard InChI is InChI=1S/C17H24O/c1-12-8-9-16(10-12)17(18)15-7-3-6-14(11-15)13-4-2-5-13/h3,6-7,11-13,16-18H,2,4-5,8-10H2,1H3. The number of benzene rings is 1. The largest absolute Gasteiger partial charge is 0.388 e. The third-order valence-corrected chi connectivity index (χ3v) is 5.01. The molecule has 1 aromatic carbocycles. The van der Waals surface area contributed by atoms with E-state index >= 15 is 0 Å². The maximum atomic E-state index is 10.5. The first-order chi connectivity index (χ1) is 8.74. The molecule has 2 saturated carbocycles. The lowest BCUT2D eigenvalue weighted by Crippen LogP contribution is -2.12. The predicted molar refractivity (Wildman–Crippen MR) is 74.5 cm³/mol. The van der Waals surface area contributed by atoms with Gasteiger partial charge >= 0.3 is 0 Å². The van der Waals surface area contributed by atoms with E-state index in [0.29, 0.717) is 5.92 Å². The van der Waals surface area contributed by atoms with Gasteiger partial charge in [0, 0.05) is 0 Å². The lowest BCUT2D eigenvalue weighted by atomic mass is 9.79. The normalized spacial score (nSPS) is 30.1. The second-order valence-electron chi connectivity index (χ2n) is 6.42. The summed E-state index contributed by atoms with van der Waals surface area (Å²) in [5.41, 5.74) is 2.60. The molecule has 0 bridgehead atoms. The molecule has 3 atom stereocenters. The molecule has 0 saturated heterocycles. The van der Waals surface area contributed by atoms with E-state index in [1.807, 2.05) is 0 Å². The number of rotatable bonds is 3. The van der Waals surface area contributed by atoms with Crippen LogP contribution in [0.5, 0.6) is 0 Å². The second-order valence-corrected chi connectivity index (χ2v) is 6.42. The molecule has 0 amide bonds. The summed E-state index contributed by atoms with van der Waals surface area (Å²) in [5, 5.41) is 10.5. The van der Waals surface area contributed by atoms with Crippen LogP contribution in [0.25, 0.3) is 0 Å². The monoisotopic (exact) mass is 244 g/mol. The molecular formula is C17H24O. The number of aliphatic hydroxyl groups is 1. The topological polar surface area (TPSA) is 20.2 Å². The van der Waals surface area contributed by atoms with Crippen LogP contribution in [0.15, 0.2) is 24.3 Å². The summed E-state index contributed by atoms with van der Waals surface area (Å²) in [5.74, 6) is 2.04. The van der Waals surface area contributed by atoms with Gasteiger partial charge in [-0.25, -0.2) is 0 Å². The maximum Gasteiger partial charge on any atom is 0.0818 e. The summed E-state index contributed by atoms with van der Waals surface area (Å²) in [4.78, 5) is 0. The van der Waals surface area contributed by atoms with E-state index < -0.39 is 0 Å². The van der Waals surface area contributed by atoms with Crippen molar-refractivity contribution >= 4 is 0 Å². The van der Waals surface area contributed by atoms with Gasteiger partial charge in [0.1, 0.15) is 0 Å². The number of aliphatic hydroxyl groups excluding tert-OH is 1. The van der Waals surface area contributed by atoms with Gasteiger partial charge in [-0.3, -0.25) is 0 Å². The minimum atomic E-state index is -0.241. The highest BCUT2D eigenvalue weighted by Gasteiger charge is 2.29. The Hall–Kier alpha value is -0.820. The van der Waals surface area contributed by atoms with Crippen LogP contribution in [0.4, 0.5) is 0 Å². The Kier molecular flexibility index (Phi) is 3.43. The van der Waals surface area contributed by atoms with E-state index in [4.69, 9.17) is 0 Å². The Balaban J connectivity index is 1.74. The molecule has 1 N–H and O–H groups in total. The van der Waals surface area contributed by atoms with Crippen LogP contribution in [-0.2, 0) is 0 Å². The highest BCUT2D eigenvalue weighted by Crippen LogP contribution is 2.41. The van der Waals surface area contributed by atoms with Crippen molar-refractivity contribution in [1.29, 1.82) is 0 Å². The average Bonchev–Trinajstić information content (AvgIpc) is 2.73. The first kappa shape index (κ1) is 12.2. The Morgan fingerprint density at radius 3 is 2.61 bits per heavy atom. The van der Waals surface area contributed by atoms with Gasteiger partial charge in [-0.2, -0.15) is 0 Å². The molecule has 3 rings (SSSR count). The highest BCUT2D eigenvalue weighted by atomic mass is 16.3. The zero-order chi connectivity index (χ0) is 12.5. The fourth-order valence-electron chi connectivity index (χ4n) is 3.55. The van der Waals surface area contributed by atoms with Gasteiger partial charge < -0.3 is 5.11 Å². The number of hydrogen-bond donors (Lipinski definition) is 1. The zero-order valence-corrected chi connectivity index (χ0v) is 11.3. The van der Waals surface area contributed by atoms with Crippen LogP contribution >= 0.6 is 0 Å². The third-order valence-electron chi connectivity index (χ3n) is 5.01. The van der Waals surface area contributed by atoms with Gasteiger partial charge in [0.25, 0.3) is 0 Å². The fourth-order valence-corrected chi connectivity index (χ4v) is 3.55. The molecule has 2 aliphatic carbocycles. The lowest BCUT2D eigenvalue weighted by molar-refractivity contribution is 0.109. The minimum Gasteiger partial charge on any atom is -0.388 e. The van der Waals surface area contributed by atoms with E-state index in [0.717, 1.165) is 17.4 Å². The van der Waals surface area contributed by atoms with Crippen molar-refractivity contribution in [3.8, 4) is 0 Å². The summed E-state index contributed by atoms with van der Waals surface area (Å²) in [6.45, 7) is 2.30. The van der Waals surface area contributed by atoms with Gasteiger partial charge in [0.15, 0.2) is 0 Å². The molecule has 1 aromatic rings. The van der Waals surface area contributed by atoms with Crippen molar-refractivity contribution in [2.24, 2.45) is 11.8 Å². The van der Waals surface area contributed by atoms with E-state index in [9.17, 15) is 5.11 Å². The molecule has 98 valence electrons. The molecule has 0 spiro atoms. The summed E-state index contributed by atoms with van der Waals surface area (Å²) in [6, 6.07) is 8.73. The molecule has 1 heteroatoms. The summed E-state index contributed by atoms with van der Waals surface area (Å²) in [6.07, 6.45) is 7.46. The molecule has 0 aliphatic heterocycles. The van der Waals surface area contributed by atoms with Crippen molar-refractivity contribution in [2.75, 3.05) is 0 Å². The van der Waals surface area contributed by atoms with Gasteiger partial charge in [0.2, 0.25) is 0 Å². The van der Waals surface area contributed by atoms with Crippen molar-refractivity contribution < 1.29 is 5.11 Å². The first-order valence-corrected chi connectivity index (χ1v) is 7.52. The first-order valence-electron chi connectivity index (χ1n) is 7.52. The van der Waals surface area contributed by atoms with Gasteiger partial charge in [-0.05, 0) is 54.6 Å². The van der Waals surface area contributed by atoms with Gasteiger partial charge in [-0.15, -0.1) is 0 Å². The smallest absolute Gasteiger partial charge is 0.0818 e. The molecule has 2 aliphatic rings. The fraction of sp³-hybridized carbons (Fsp3) is 0.647. The molecule has 2 fully saturated rings. The predicted octanol–water partition coefficient (Wildman–Crippen LogP) is 4.42. The van der Waals surface area contributed by atoms with E-state index in [1.165, 1.54) is 44.1 Å². The molecule has 1 nitrogen and oxygen atoms in total.